The highest BCUT2D eigenvalue weighted by Gasteiger charge is 2.38. The van der Waals surface area contributed by atoms with E-state index >= 15 is 0 Å². The fraction of sp³-hybridized carbons (Fsp3) is 0.600. The minimum Gasteiger partial charge on any atom is -0.317 e. The van der Waals surface area contributed by atoms with Crippen molar-refractivity contribution >= 4 is 0 Å². The van der Waals surface area contributed by atoms with Crippen LogP contribution in [0.5, 0.6) is 0 Å². The van der Waals surface area contributed by atoms with E-state index in [1.54, 1.807) is 0 Å². The Labute approximate surface area is 112 Å². The summed E-state index contributed by atoms with van der Waals surface area (Å²) in [6.45, 7) is 3.24. The van der Waals surface area contributed by atoms with Gasteiger partial charge in [-0.2, -0.15) is 0 Å². The van der Waals surface area contributed by atoms with Crippen molar-refractivity contribution in [3.05, 3.63) is 35.4 Å². The van der Waals surface area contributed by atoms with E-state index in [0.717, 1.165) is 43.6 Å². The van der Waals surface area contributed by atoms with Gasteiger partial charge < -0.3 is 10.6 Å². The maximum atomic E-state index is 13.2. The van der Waals surface area contributed by atoms with Crippen molar-refractivity contribution in [3.63, 3.8) is 0 Å². The lowest BCUT2D eigenvalue weighted by atomic mass is 9.98. The Morgan fingerprint density at radius 2 is 1.79 bits per heavy atom. The molecule has 2 nitrogen and oxygen atoms in total. The molecule has 0 bridgehead atoms. The first-order chi connectivity index (χ1) is 9.22. The van der Waals surface area contributed by atoms with Crippen molar-refractivity contribution in [1.29, 1.82) is 0 Å². The zero-order valence-electron chi connectivity index (χ0n) is 11.0. The maximum Gasteiger partial charge on any atom is 0.126 e. The molecule has 19 heavy (non-hydrogen) atoms. The number of hydrogen-bond donors (Lipinski definition) is 2. The first-order valence-corrected chi connectivity index (χ1v) is 7.12. The lowest BCUT2D eigenvalue weighted by Crippen LogP contribution is -2.34. The second kappa shape index (κ2) is 5.55. The van der Waals surface area contributed by atoms with Crippen LogP contribution in [0, 0.1) is 17.6 Å². The predicted octanol–water partition coefficient (Wildman–Crippen LogP) is 2.41. The van der Waals surface area contributed by atoms with Crippen molar-refractivity contribution in [1.82, 2.24) is 10.6 Å². The van der Waals surface area contributed by atoms with Crippen molar-refractivity contribution in [2.24, 2.45) is 5.92 Å². The highest BCUT2D eigenvalue weighted by atomic mass is 19.1. The summed E-state index contributed by atoms with van der Waals surface area (Å²) >= 11 is 0. The molecule has 2 N–H and O–H groups in total. The minimum atomic E-state index is -0.473. The maximum absolute atomic E-state index is 13.2. The molecule has 0 aromatic heterocycles. The topological polar surface area (TPSA) is 24.1 Å². The Bertz CT molecular complexity index is 424. The van der Waals surface area contributed by atoms with Gasteiger partial charge in [0, 0.05) is 18.0 Å². The molecule has 1 aliphatic carbocycles. The fourth-order valence-corrected chi connectivity index (χ4v) is 2.98. The van der Waals surface area contributed by atoms with Crippen LogP contribution in [0.3, 0.4) is 0 Å². The Hall–Kier alpha value is -1.00. The first kappa shape index (κ1) is 13.0. The summed E-state index contributed by atoms with van der Waals surface area (Å²) in [5.41, 5.74) is 0.792. The monoisotopic (exact) mass is 266 g/mol. The summed E-state index contributed by atoms with van der Waals surface area (Å²) in [5, 5.41) is 6.90. The molecular formula is C15H20F2N2. The van der Waals surface area contributed by atoms with Gasteiger partial charge in [0.2, 0.25) is 0 Å². The summed E-state index contributed by atoms with van der Waals surface area (Å²) in [5.74, 6) is 0.0803. The predicted molar refractivity (Wildman–Crippen MR) is 71.1 cm³/mol. The van der Waals surface area contributed by atoms with E-state index in [1.807, 2.05) is 0 Å². The lowest BCUT2D eigenvalue weighted by Gasteiger charge is -2.22. The lowest BCUT2D eigenvalue weighted by molar-refractivity contribution is 0.355. The third-order valence-electron chi connectivity index (χ3n) is 4.23. The molecule has 1 aliphatic heterocycles. The summed E-state index contributed by atoms with van der Waals surface area (Å²) in [4.78, 5) is 0. The Morgan fingerprint density at radius 3 is 2.47 bits per heavy atom. The van der Waals surface area contributed by atoms with Crippen LogP contribution < -0.4 is 10.6 Å². The summed E-state index contributed by atoms with van der Waals surface area (Å²) in [7, 11) is 0. The van der Waals surface area contributed by atoms with Gasteiger partial charge >= 0.3 is 0 Å². The molecule has 2 fully saturated rings. The number of benzene rings is 1. The molecule has 1 aromatic rings. The normalized spacial score (nSPS) is 27.5. The molecule has 1 aromatic carbocycles. The smallest absolute Gasteiger partial charge is 0.126 e. The van der Waals surface area contributed by atoms with Crippen molar-refractivity contribution in [2.75, 3.05) is 19.6 Å². The second-order valence-corrected chi connectivity index (χ2v) is 5.75. The van der Waals surface area contributed by atoms with E-state index in [4.69, 9.17) is 0 Å². The quantitative estimate of drug-likeness (QED) is 0.874. The summed E-state index contributed by atoms with van der Waals surface area (Å²) in [6, 6.07) is 4.25. The van der Waals surface area contributed by atoms with Gasteiger partial charge in [-0.15, -0.1) is 0 Å². The van der Waals surface area contributed by atoms with Crippen LogP contribution in [-0.4, -0.2) is 25.7 Å². The van der Waals surface area contributed by atoms with Gasteiger partial charge in [0.1, 0.15) is 11.6 Å². The van der Waals surface area contributed by atoms with Crippen LogP contribution in [0.15, 0.2) is 18.2 Å². The van der Waals surface area contributed by atoms with Gasteiger partial charge in [0.15, 0.2) is 0 Å². The number of nitrogens with one attached hydrogen (secondary N) is 2. The van der Waals surface area contributed by atoms with Crippen LogP contribution >= 0.6 is 0 Å². The molecule has 0 amide bonds. The van der Waals surface area contributed by atoms with Gasteiger partial charge in [-0.25, -0.2) is 8.78 Å². The third-order valence-corrected chi connectivity index (χ3v) is 4.23. The molecule has 0 spiro atoms. The number of rotatable bonds is 4. The van der Waals surface area contributed by atoms with Gasteiger partial charge in [-0.05, 0) is 62.5 Å². The highest BCUT2D eigenvalue weighted by molar-refractivity contribution is 5.29. The van der Waals surface area contributed by atoms with E-state index in [1.165, 1.54) is 25.0 Å². The Kier molecular flexibility index (Phi) is 3.80. The zero-order valence-corrected chi connectivity index (χ0v) is 11.0. The van der Waals surface area contributed by atoms with Gasteiger partial charge in [0.05, 0.1) is 0 Å². The molecule has 2 aliphatic rings. The SMILES string of the molecule is Fc1cc(F)cc([C@H]2C[C@@H]2NCC2CCNCC2)c1. The minimum absolute atomic E-state index is 0.284. The fourth-order valence-electron chi connectivity index (χ4n) is 2.98. The van der Waals surface area contributed by atoms with E-state index in [9.17, 15) is 8.78 Å². The molecule has 104 valence electrons. The first-order valence-electron chi connectivity index (χ1n) is 7.12. The van der Waals surface area contributed by atoms with Gasteiger partial charge in [0.25, 0.3) is 0 Å². The molecular weight excluding hydrogens is 246 g/mol. The molecule has 2 atom stereocenters. The third kappa shape index (κ3) is 3.31. The number of halogens is 2. The molecule has 4 heteroatoms. The Morgan fingerprint density at radius 1 is 1.11 bits per heavy atom. The van der Waals surface area contributed by atoms with Crippen LogP contribution in [0.1, 0.15) is 30.7 Å². The number of hydrogen-bond acceptors (Lipinski definition) is 2. The van der Waals surface area contributed by atoms with Crippen molar-refractivity contribution in [3.8, 4) is 0 Å². The highest BCUT2D eigenvalue weighted by Crippen LogP contribution is 2.41. The zero-order chi connectivity index (χ0) is 13.2. The molecule has 0 radical (unpaired) electrons. The van der Waals surface area contributed by atoms with Crippen LogP contribution in [-0.2, 0) is 0 Å². The molecule has 1 heterocycles. The van der Waals surface area contributed by atoms with Crippen LogP contribution in [0.2, 0.25) is 0 Å². The molecule has 0 unspecified atom stereocenters. The molecule has 1 saturated carbocycles. The van der Waals surface area contributed by atoms with E-state index < -0.39 is 11.6 Å². The molecule has 1 saturated heterocycles. The van der Waals surface area contributed by atoms with E-state index in [-0.39, 0.29) is 5.92 Å². The van der Waals surface area contributed by atoms with E-state index in [0.29, 0.717) is 6.04 Å². The van der Waals surface area contributed by atoms with E-state index in [2.05, 4.69) is 10.6 Å². The van der Waals surface area contributed by atoms with Crippen molar-refractivity contribution < 1.29 is 8.78 Å². The van der Waals surface area contributed by atoms with Crippen LogP contribution in [0.25, 0.3) is 0 Å². The number of piperidine rings is 1. The standard InChI is InChI=1S/C15H20F2N2/c16-12-5-11(6-13(17)7-12)14-8-15(14)19-9-10-1-3-18-4-2-10/h5-7,10,14-15,18-19H,1-4,8-9H2/t14-,15+/m1/s1. The van der Waals surface area contributed by atoms with Gasteiger partial charge in [-0.1, -0.05) is 0 Å². The molecule has 3 rings (SSSR count). The van der Waals surface area contributed by atoms with Crippen molar-refractivity contribution in [2.45, 2.75) is 31.2 Å². The summed E-state index contributed by atoms with van der Waals surface area (Å²) in [6.07, 6.45) is 3.44. The average molecular weight is 266 g/mol. The van der Waals surface area contributed by atoms with Gasteiger partial charge in [-0.3, -0.25) is 0 Å². The second-order valence-electron chi connectivity index (χ2n) is 5.75. The largest absolute Gasteiger partial charge is 0.317 e. The Balaban J connectivity index is 1.50. The van der Waals surface area contributed by atoms with Crippen LogP contribution in [0.4, 0.5) is 8.78 Å². The summed E-state index contributed by atoms with van der Waals surface area (Å²) < 4.78 is 26.3. The average Bonchev–Trinajstić information content (AvgIpc) is 3.16.